The van der Waals surface area contributed by atoms with Crippen molar-refractivity contribution in [1.29, 1.82) is 0 Å². The van der Waals surface area contributed by atoms with Gasteiger partial charge in [-0.05, 0) is 63.4 Å². The number of benzene rings is 7. The number of hydrogen-bond donors (Lipinski definition) is 0. The maximum atomic E-state index is 5.19. The quantitative estimate of drug-likeness (QED) is 0.177. The number of para-hydroxylation sites is 1. The van der Waals surface area contributed by atoms with Crippen LogP contribution in [0.15, 0.2) is 158 Å². The maximum absolute atomic E-state index is 5.19. The molecule has 52 heavy (non-hydrogen) atoms. The van der Waals surface area contributed by atoms with E-state index in [4.69, 9.17) is 15.0 Å². The van der Waals surface area contributed by atoms with E-state index in [-0.39, 0.29) is 5.41 Å². The van der Waals surface area contributed by atoms with Crippen LogP contribution < -0.4 is 0 Å². The summed E-state index contributed by atoms with van der Waals surface area (Å²) in [6.07, 6.45) is 1.87. The topological polar surface area (TPSA) is 43.6 Å². The van der Waals surface area contributed by atoms with Gasteiger partial charge < -0.3 is 4.57 Å². The lowest BCUT2D eigenvalue weighted by Crippen LogP contribution is -2.15. The van der Waals surface area contributed by atoms with Crippen molar-refractivity contribution in [2.24, 2.45) is 0 Å². The number of nitrogens with zero attached hydrogens (tertiary/aromatic N) is 4. The maximum Gasteiger partial charge on any atom is 0.159 e. The number of pyridine rings is 1. The summed E-state index contributed by atoms with van der Waals surface area (Å²) in [4.78, 5) is 15.2. The summed E-state index contributed by atoms with van der Waals surface area (Å²) in [6.45, 7) is 4.75. The number of hydrogen-bond acceptors (Lipinski definition) is 3. The number of fused-ring (bicyclic) bond motifs is 11. The lowest BCUT2D eigenvalue weighted by Gasteiger charge is -2.23. The molecular weight excluding hydrogens is 633 g/mol. The highest BCUT2D eigenvalue weighted by Gasteiger charge is 2.37. The smallest absolute Gasteiger partial charge is 0.159 e. The lowest BCUT2D eigenvalue weighted by atomic mass is 9.80. The van der Waals surface area contributed by atoms with E-state index in [1.807, 2.05) is 12.3 Å². The van der Waals surface area contributed by atoms with Crippen LogP contribution in [0.2, 0.25) is 0 Å². The van der Waals surface area contributed by atoms with Gasteiger partial charge in [-0.1, -0.05) is 135 Å². The normalized spacial score (nSPS) is 13.3. The van der Waals surface area contributed by atoms with Crippen molar-refractivity contribution < 1.29 is 0 Å². The zero-order chi connectivity index (χ0) is 34.6. The van der Waals surface area contributed by atoms with Gasteiger partial charge in [-0.2, -0.15) is 0 Å². The van der Waals surface area contributed by atoms with E-state index >= 15 is 0 Å². The highest BCUT2D eigenvalue weighted by molar-refractivity contribution is 6.13. The van der Waals surface area contributed by atoms with Gasteiger partial charge in [0.05, 0.1) is 22.9 Å². The van der Waals surface area contributed by atoms with Crippen LogP contribution in [0.1, 0.15) is 25.0 Å². The van der Waals surface area contributed by atoms with Gasteiger partial charge in [0.2, 0.25) is 0 Å². The Morgan fingerprint density at radius 2 is 1.25 bits per heavy atom. The molecule has 0 atom stereocenters. The van der Waals surface area contributed by atoms with E-state index in [2.05, 4.69) is 164 Å². The van der Waals surface area contributed by atoms with Crippen LogP contribution in [0.3, 0.4) is 0 Å². The molecule has 3 heterocycles. The summed E-state index contributed by atoms with van der Waals surface area (Å²) in [5.41, 5.74) is 13.4. The van der Waals surface area contributed by atoms with E-state index < -0.39 is 0 Å². The standard InChI is InChI=1S/C48H32N4/c1-48(2)40-27-43-39(26-38(40)35-24-23-29-13-6-7-18-33(29)44(35)48)34-19-10-11-22-42(34)52(43)32-17-12-16-31(25-32)47-49-28-41-46(51-47)37-21-9-8-20-36(37)45(50-41)30-14-4-3-5-15-30/h3-28H,1-2H3. The summed E-state index contributed by atoms with van der Waals surface area (Å²) in [6, 6.07) is 54.4. The summed E-state index contributed by atoms with van der Waals surface area (Å²) < 4.78 is 2.41. The molecule has 0 N–H and O–H groups in total. The largest absolute Gasteiger partial charge is 0.309 e. The molecule has 11 rings (SSSR count). The van der Waals surface area contributed by atoms with E-state index in [9.17, 15) is 0 Å². The first-order chi connectivity index (χ1) is 25.5. The SMILES string of the molecule is CC1(C)c2cc3c(cc2-c2ccc4ccccc4c21)c1ccccc1n3-c1cccc(-c2ncc3nc(-c4ccccc4)c4ccccc4c3n2)c1. The molecule has 0 unspecified atom stereocenters. The molecule has 0 radical (unpaired) electrons. The zero-order valence-corrected chi connectivity index (χ0v) is 28.8. The van der Waals surface area contributed by atoms with Crippen molar-refractivity contribution in [2.75, 3.05) is 0 Å². The molecule has 10 aromatic rings. The van der Waals surface area contributed by atoms with Crippen molar-refractivity contribution in [2.45, 2.75) is 19.3 Å². The van der Waals surface area contributed by atoms with Crippen molar-refractivity contribution in [3.8, 4) is 39.5 Å². The fourth-order valence-corrected chi connectivity index (χ4v) is 8.81. The predicted octanol–water partition coefficient (Wildman–Crippen LogP) is 12.1. The van der Waals surface area contributed by atoms with Gasteiger partial charge in [-0.15, -0.1) is 0 Å². The molecule has 7 aromatic carbocycles. The number of aromatic nitrogens is 4. The van der Waals surface area contributed by atoms with Gasteiger partial charge in [-0.3, -0.25) is 0 Å². The molecule has 1 aliphatic rings. The molecule has 3 aromatic heterocycles. The first-order valence-corrected chi connectivity index (χ1v) is 17.9. The summed E-state index contributed by atoms with van der Waals surface area (Å²) in [5.74, 6) is 0.680. The minimum Gasteiger partial charge on any atom is -0.309 e. The first-order valence-electron chi connectivity index (χ1n) is 17.9. The highest BCUT2D eigenvalue weighted by Crippen LogP contribution is 2.53. The van der Waals surface area contributed by atoms with Crippen LogP contribution >= 0.6 is 0 Å². The zero-order valence-electron chi connectivity index (χ0n) is 28.8. The molecular formula is C48H32N4. The average molecular weight is 665 g/mol. The van der Waals surface area contributed by atoms with Crippen molar-refractivity contribution in [3.63, 3.8) is 0 Å². The van der Waals surface area contributed by atoms with Crippen LogP contribution in [0.25, 0.3) is 93.8 Å². The molecule has 0 saturated carbocycles. The summed E-state index contributed by atoms with van der Waals surface area (Å²) in [7, 11) is 0. The molecule has 0 spiro atoms. The Morgan fingerprint density at radius 1 is 0.519 bits per heavy atom. The van der Waals surface area contributed by atoms with Crippen LogP contribution in [-0.4, -0.2) is 19.5 Å². The van der Waals surface area contributed by atoms with Crippen LogP contribution in [0.4, 0.5) is 0 Å². The molecule has 0 fully saturated rings. The van der Waals surface area contributed by atoms with Crippen LogP contribution in [-0.2, 0) is 5.41 Å². The molecule has 4 heteroatoms. The molecule has 244 valence electrons. The Kier molecular flexibility index (Phi) is 5.98. The molecule has 0 amide bonds. The highest BCUT2D eigenvalue weighted by atomic mass is 15.0. The second-order valence-electron chi connectivity index (χ2n) is 14.5. The third-order valence-corrected chi connectivity index (χ3v) is 11.2. The first kappa shape index (κ1) is 29.1. The fourth-order valence-electron chi connectivity index (χ4n) is 8.81. The molecule has 0 aliphatic heterocycles. The van der Waals surface area contributed by atoms with Gasteiger partial charge >= 0.3 is 0 Å². The van der Waals surface area contributed by atoms with Gasteiger partial charge in [0, 0.05) is 43.8 Å². The third kappa shape index (κ3) is 4.06. The van der Waals surface area contributed by atoms with E-state index in [0.29, 0.717) is 5.82 Å². The van der Waals surface area contributed by atoms with Gasteiger partial charge in [0.25, 0.3) is 0 Å². The Morgan fingerprint density at radius 3 is 2.12 bits per heavy atom. The lowest BCUT2D eigenvalue weighted by molar-refractivity contribution is 0.667. The van der Waals surface area contributed by atoms with Crippen molar-refractivity contribution in [1.82, 2.24) is 19.5 Å². The Balaban J connectivity index is 1.10. The average Bonchev–Trinajstić information content (AvgIpc) is 3.64. The van der Waals surface area contributed by atoms with Crippen molar-refractivity contribution >= 4 is 54.4 Å². The van der Waals surface area contributed by atoms with Crippen molar-refractivity contribution in [3.05, 3.63) is 169 Å². The predicted molar refractivity (Wildman–Crippen MR) is 215 cm³/mol. The van der Waals surface area contributed by atoms with Crippen LogP contribution in [0, 0.1) is 0 Å². The van der Waals surface area contributed by atoms with E-state index in [1.165, 1.54) is 54.8 Å². The van der Waals surface area contributed by atoms with E-state index in [1.54, 1.807) is 0 Å². The Labute approximate surface area is 300 Å². The third-order valence-electron chi connectivity index (χ3n) is 11.2. The summed E-state index contributed by atoms with van der Waals surface area (Å²) in [5, 5.41) is 7.27. The Hall–Kier alpha value is -6.65. The number of rotatable bonds is 3. The van der Waals surface area contributed by atoms with Crippen LogP contribution in [0.5, 0.6) is 0 Å². The fraction of sp³-hybridized carbons (Fsp3) is 0.0625. The second kappa shape index (κ2) is 10.7. The second-order valence-corrected chi connectivity index (χ2v) is 14.5. The minimum atomic E-state index is -0.154. The van der Waals surface area contributed by atoms with Gasteiger partial charge in [0.15, 0.2) is 5.82 Å². The Bertz CT molecular complexity index is 3100. The van der Waals surface area contributed by atoms with E-state index in [0.717, 1.165) is 44.3 Å². The molecule has 4 nitrogen and oxygen atoms in total. The monoisotopic (exact) mass is 664 g/mol. The molecule has 1 aliphatic carbocycles. The molecule has 0 bridgehead atoms. The molecule has 0 saturated heterocycles. The van der Waals surface area contributed by atoms with Gasteiger partial charge in [0.1, 0.15) is 11.0 Å². The summed E-state index contributed by atoms with van der Waals surface area (Å²) >= 11 is 0. The van der Waals surface area contributed by atoms with Gasteiger partial charge in [-0.25, -0.2) is 15.0 Å². The minimum absolute atomic E-state index is 0.154.